The molecule has 480 valence electrons. The number of ether oxygens (including phenoxy) is 1. The van der Waals surface area contributed by atoms with E-state index in [9.17, 15) is 19.8 Å². The highest BCUT2D eigenvalue weighted by Gasteiger charge is 2.20. The first-order valence-corrected chi connectivity index (χ1v) is 37.1. The highest BCUT2D eigenvalue weighted by molar-refractivity contribution is 5.76. The van der Waals surface area contributed by atoms with E-state index in [-0.39, 0.29) is 18.5 Å². The number of carbonyl (C=O) groups is 2. The van der Waals surface area contributed by atoms with Gasteiger partial charge >= 0.3 is 5.97 Å². The van der Waals surface area contributed by atoms with Crippen LogP contribution in [-0.4, -0.2) is 47.4 Å². The molecule has 1 amide bonds. The molecule has 0 bridgehead atoms. The third-order valence-corrected chi connectivity index (χ3v) is 17.5. The van der Waals surface area contributed by atoms with Gasteiger partial charge in [-0.05, 0) is 57.8 Å². The summed E-state index contributed by atoms with van der Waals surface area (Å²) in [4.78, 5) is 24.7. The van der Waals surface area contributed by atoms with Crippen LogP contribution in [0.5, 0.6) is 0 Å². The minimum Gasteiger partial charge on any atom is -0.466 e. The fraction of sp³-hybridized carbons (Fsp3) is 0.920. The molecule has 2 atom stereocenters. The van der Waals surface area contributed by atoms with Gasteiger partial charge in [-0.25, -0.2) is 0 Å². The molecule has 0 aliphatic carbocycles. The Morgan fingerprint density at radius 1 is 0.346 bits per heavy atom. The van der Waals surface area contributed by atoms with Crippen LogP contribution in [0.3, 0.4) is 0 Å². The number of unbranched alkanes of at least 4 members (excludes halogenated alkanes) is 55. The smallest absolute Gasteiger partial charge is 0.305 e. The predicted molar refractivity (Wildman–Crippen MR) is 356 cm³/mol. The Morgan fingerprint density at radius 3 is 0.963 bits per heavy atom. The van der Waals surface area contributed by atoms with E-state index in [1.165, 1.54) is 334 Å². The van der Waals surface area contributed by atoms with Gasteiger partial charge in [0.1, 0.15) is 0 Å². The molecule has 3 N–H and O–H groups in total. The summed E-state index contributed by atoms with van der Waals surface area (Å²) in [5.74, 6) is -0.0149. The molecule has 81 heavy (non-hydrogen) atoms. The van der Waals surface area contributed by atoms with Crippen molar-refractivity contribution in [2.75, 3.05) is 13.2 Å². The molecule has 0 saturated carbocycles. The second-order valence-corrected chi connectivity index (χ2v) is 25.6. The van der Waals surface area contributed by atoms with Crippen LogP contribution in [0.4, 0.5) is 0 Å². The summed E-state index contributed by atoms with van der Waals surface area (Å²) < 4.78 is 5.51. The number of aliphatic hydroxyl groups excluding tert-OH is 2. The number of rotatable bonds is 70. The number of aliphatic hydroxyl groups is 2. The Bertz CT molecular complexity index is 1270. The molecule has 0 saturated heterocycles. The topological polar surface area (TPSA) is 95.9 Å². The summed E-state index contributed by atoms with van der Waals surface area (Å²) in [5.41, 5.74) is 0. The summed E-state index contributed by atoms with van der Waals surface area (Å²) in [6, 6.07) is -0.541. The molecule has 0 aromatic rings. The van der Waals surface area contributed by atoms with E-state index in [0.717, 1.165) is 51.4 Å². The summed E-state index contributed by atoms with van der Waals surface area (Å²) in [6.07, 6.45) is 89.5. The van der Waals surface area contributed by atoms with Gasteiger partial charge in [0.15, 0.2) is 0 Å². The van der Waals surface area contributed by atoms with Crippen molar-refractivity contribution in [3.63, 3.8) is 0 Å². The van der Waals surface area contributed by atoms with Crippen LogP contribution >= 0.6 is 0 Å². The zero-order chi connectivity index (χ0) is 58.5. The minimum atomic E-state index is -0.664. The van der Waals surface area contributed by atoms with Gasteiger partial charge in [0.05, 0.1) is 25.4 Å². The van der Waals surface area contributed by atoms with Gasteiger partial charge in [-0.2, -0.15) is 0 Å². The molecular formula is C75H145NO5. The first-order chi connectivity index (χ1) is 40.0. The highest BCUT2D eigenvalue weighted by Crippen LogP contribution is 2.20. The molecule has 0 radical (unpaired) electrons. The molecule has 6 nitrogen and oxygen atoms in total. The monoisotopic (exact) mass is 1140 g/mol. The Balaban J connectivity index is 3.35. The fourth-order valence-corrected chi connectivity index (χ4v) is 11.9. The second-order valence-electron chi connectivity index (χ2n) is 25.6. The number of esters is 1. The number of carbonyl (C=O) groups excluding carboxylic acids is 2. The number of hydrogen-bond donors (Lipinski definition) is 3. The van der Waals surface area contributed by atoms with Crippen molar-refractivity contribution in [2.45, 2.75) is 431 Å². The van der Waals surface area contributed by atoms with E-state index in [2.05, 4.69) is 43.5 Å². The Hall–Kier alpha value is -1.66. The number of allylic oxidation sites excluding steroid dienone is 4. The van der Waals surface area contributed by atoms with Gasteiger partial charge in [-0.3, -0.25) is 9.59 Å². The van der Waals surface area contributed by atoms with Crippen LogP contribution in [0.25, 0.3) is 0 Å². The summed E-state index contributed by atoms with van der Waals surface area (Å²) in [5, 5.41) is 23.4. The quantitative estimate of drug-likeness (QED) is 0.0320. The van der Waals surface area contributed by atoms with E-state index in [4.69, 9.17) is 4.74 Å². The second kappa shape index (κ2) is 70.8. The molecule has 0 aromatic heterocycles. The van der Waals surface area contributed by atoms with E-state index < -0.39 is 12.1 Å². The van der Waals surface area contributed by atoms with Crippen LogP contribution in [0.2, 0.25) is 0 Å². The van der Waals surface area contributed by atoms with Gasteiger partial charge in [-0.1, -0.05) is 372 Å². The van der Waals surface area contributed by atoms with Crippen molar-refractivity contribution in [3.05, 3.63) is 24.3 Å². The van der Waals surface area contributed by atoms with Crippen molar-refractivity contribution in [3.8, 4) is 0 Å². The average molecular weight is 1140 g/mol. The van der Waals surface area contributed by atoms with Crippen molar-refractivity contribution in [2.24, 2.45) is 0 Å². The number of amides is 1. The van der Waals surface area contributed by atoms with Gasteiger partial charge in [0, 0.05) is 12.8 Å². The Morgan fingerprint density at radius 2 is 0.617 bits per heavy atom. The van der Waals surface area contributed by atoms with Crippen LogP contribution < -0.4 is 5.32 Å². The van der Waals surface area contributed by atoms with E-state index in [0.29, 0.717) is 25.9 Å². The van der Waals surface area contributed by atoms with Gasteiger partial charge < -0.3 is 20.3 Å². The molecule has 0 spiro atoms. The van der Waals surface area contributed by atoms with Crippen molar-refractivity contribution in [1.82, 2.24) is 5.32 Å². The summed E-state index contributed by atoms with van der Waals surface area (Å²) in [6.45, 7) is 4.97. The minimum absolute atomic E-state index is 0.0137. The van der Waals surface area contributed by atoms with Gasteiger partial charge in [0.2, 0.25) is 5.91 Å². The lowest BCUT2D eigenvalue weighted by atomic mass is 10.0. The third-order valence-electron chi connectivity index (χ3n) is 17.5. The van der Waals surface area contributed by atoms with E-state index in [1.807, 2.05) is 0 Å². The van der Waals surface area contributed by atoms with Crippen molar-refractivity contribution in [1.29, 1.82) is 0 Å². The molecular weight excluding hydrogens is 995 g/mol. The zero-order valence-electron chi connectivity index (χ0n) is 55.0. The Labute approximate surface area is 507 Å². The van der Waals surface area contributed by atoms with Crippen LogP contribution in [0.15, 0.2) is 24.3 Å². The molecule has 0 rings (SSSR count). The predicted octanol–water partition coefficient (Wildman–Crippen LogP) is 24.1. The lowest BCUT2D eigenvalue weighted by molar-refractivity contribution is -0.143. The SMILES string of the molecule is CCCCC/C=C\C/C=C\CCCCCCCCCCCC(=O)OCCCCCCCCCCCCCCCCCCCCCCCCCCCC(=O)NC(CO)C(O)CCCCCCCCCCCCCCCCCCCCCC. The molecule has 0 aliphatic heterocycles. The standard InChI is InChI=1S/C75H145NO5/c1-3-5-7-9-11-13-15-17-19-21-23-32-35-39-43-47-51-55-59-63-67-73(78)72(71-77)76-74(79)68-64-60-56-52-48-44-40-36-33-29-27-25-24-26-28-30-34-38-42-46-50-54-58-62-66-70-81-75(80)69-65-61-57-53-49-45-41-37-31-22-20-18-16-14-12-10-8-6-4-2/h12,14,18,20,72-73,77-78H,3-11,13,15-17,19,21-71H2,1-2H3,(H,76,79)/b14-12-,20-18-. The van der Waals surface area contributed by atoms with E-state index in [1.54, 1.807) is 0 Å². The normalized spacial score (nSPS) is 12.6. The molecule has 2 unspecified atom stereocenters. The van der Waals surface area contributed by atoms with E-state index >= 15 is 0 Å². The maximum atomic E-state index is 12.6. The molecule has 0 aliphatic rings. The number of hydrogen-bond acceptors (Lipinski definition) is 5. The average Bonchev–Trinajstić information content (AvgIpc) is 3.47. The highest BCUT2D eigenvalue weighted by atomic mass is 16.5. The van der Waals surface area contributed by atoms with Gasteiger partial charge in [-0.15, -0.1) is 0 Å². The first-order valence-electron chi connectivity index (χ1n) is 37.1. The zero-order valence-corrected chi connectivity index (χ0v) is 55.0. The molecule has 6 heteroatoms. The largest absolute Gasteiger partial charge is 0.466 e. The first kappa shape index (κ1) is 79.3. The molecule has 0 heterocycles. The van der Waals surface area contributed by atoms with Crippen LogP contribution in [0, 0.1) is 0 Å². The lowest BCUT2D eigenvalue weighted by Crippen LogP contribution is -2.45. The van der Waals surface area contributed by atoms with Crippen LogP contribution in [-0.2, 0) is 14.3 Å². The Kier molecular flexibility index (Phi) is 69.4. The summed E-state index contributed by atoms with van der Waals surface area (Å²) >= 11 is 0. The van der Waals surface area contributed by atoms with Crippen molar-refractivity contribution >= 4 is 11.9 Å². The maximum absolute atomic E-state index is 12.6. The maximum Gasteiger partial charge on any atom is 0.305 e. The fourth-order valence-electron chi connectivity index (χ4n) is 11.9. The van der Waals surface area contributed by atoms with Crippen LogP contribution in [0.1, 0.15) is 418 Å². The molecule has 0 fully saturated rings. The van der Waals surface area contributed by atoms with Gasteiger partial charge in [0.25, 0.3) is 0 Å². The number of nitrogens with one attached hydrogen (secondary N) is 1. The van der Waals surface area contributed by atoms with Crippen molar-refractivity contribution < 1.29 is 24.5 Å². The third kappa shape index (κ3) is 67.3. The molecule has 0 aromatic carbocycles. The summed E-state index contributed by atoms with van der Waals surface area (Å²) in [7, 11) is 0. The lowest BCUT2D eigenvalue weighted by Gasteiger charge is -2.22.